The number of aliphatic hydroxyl groups excluding tert-OH is 1. The van der Waals surface area contributed by atoms with Gasteiger partial charge in [-0.1, -0.05) is 30.3 Å². The van der Waals surface area contributed by atoms with E-state index in [0.717, 1.165) is 47.5 Å². The molecule has 8 nitrogen and oxygen atoms in total. The molecule has 3 aromatic rings. The van der Waals surface area contributed by atoms with Crippen LogP contribution < -0.4 is 5.32 Å². The molecule has 42 heavy (non-hydrogen) atoms. The Morgan fingerprint density at radius 3 is 2.48 bits per heavy atom. The molecule has 3 heterocycles. The van der Waals surface area contributed by atoms with Crippen LogP contribution in [0.1, 0.15) is 73.3 Å². The van der Waals surface area contributed by atoms with Gasteiger partial charge >= 0.3 is 0 Å². The number of hydrogen-bond donors (Lipinski definition) is 2. The van der Waals surface area contributed by atoms with Gasteiger partial charge in [0, 0.05) is 37.4 Å². The van der Waals surface area contributed by atoms with Crippen molar-refractivity contribution in [3.8, 4) is 28.5 Å². The third kappa shape index (κ3) is 6.47. The minimum absolute atomic E-state index is 0.0641. The van der Waals surface area contributed by atoms with E-state index in [-0.39, 0.29) is 18.6 Å². The lowest BCUT2D eigenvalue weighted by atomic mass is 9.94. The zero-order chi connectivity index (χ0) is 29.9. The summed E-state index contributed by atoms with van der Waals surface area (Å²) in [4.78, 5) is 20.7. The van der Waals surface area contributed by atoms with Crippen LogP contribution in [-0.4, -0.2) is 66.9 Å². The highest BCUT2D eigenvalue weighted by Gasteiger charge is 2.40. The van der Waals surface area contributed by atoms with Crippen LogP contribution in [0, 0.1) is 11.3 Å². The number of nitrogens with zero attached hydrogens (tertiary/aromatic N) is 4. The maximum absolute atomic E-state index is 13.7. The van der Waals surface area contributed by atoms with E-state index in [4.69, 9.17) is 4.98 Å². The van der Waals surface area contributed by atoms with Crippen molar-refractivity contribution in [3.63, 3.8) is 0 Å². The fourth-order valence-electron chi connectivity index (χ4n) is 5.81. The number of hydrogen-bond acceptors (Lipinski definition) is 6. The molecule has 1 fully saturated rings. The second-order valence-corrected chi connectivity index (χ2v) is 14.2. The van der Waals surface area contributed by atoms with Crippen molar-refractivity contribution in [1.82, 2.24) is 19.5 Å². The van der Waals surface area contributed by atoms with Crippen LogP contribution in [0.15, 0.2) is 54.6 Å². The molecule has 0 spiro atoms. The van der Waals surface area contributed by atoms with E-state index < -0.39 is 15.7 Å². The van der Waals surface area contributed by atoms with Crippen molar-refractivity contribution < 1.29 is 14.1 Å². The Bertz CT molecular complexity index is 1500. The number of rotatable bonds is 9. The molecule has 0 bridgehead atoms. The summed E-state index contributed by atoms with van der Waals surface area (Å²) in [6, 6.07) is 19.1. The molecule has 0 saturated carbocycles. The minimum Gasteiger partial charge on any atom is -0.396 e. The minimum atomic E-state index is -1.33. The fourth-order valence-corrected chi connectivity index (χ4v) is 7.21. The van der Waals surface area contributed by atoms with Crippen molar-refractivity contribution in [3.05, 3.63) is 77.0 Å². The molecule has 2 N–H and O–H groups in total. The largest absolute Gasteiger partial charge is 0.396 e. The van der Waals surface area contributed by atoms with Gasteiger partial charge in [0.2, 0.25) is 0 Å². The zero-order valence-electron chi connectivity index (χ0n) is 24.6. The SMILES string of the molecule is CC(C)(C)[S@@](=O)N1Cc2cc(C(=O)NCCN3CCCC3)nc(-c3cccc(-c4ccc(C#N)cc4)c3)c2[C@H]1CCO. The number of carbonyl (C=O) groups excluding carboxylic acids is 1. The summed E-state index contributed by atoms with van der Waals surface area (Å²) in [7, 11) is -1.33. The molecule has 0 aliphatic carbocycles. The van der Waals surface area contributed by atoms with Crippen LogP contribution in [0.4, 0.5) is 0 Å². The second-order valence-electron chi connectivity index (χ2n) is 12.0. The van der Waals surface area contributed by atoms with Crippen LogP contribution in [-0.2, 0) is 17.5 Å². The van der Waals surface area contributed by atoms with E-state index in [1.165, 1.54) is 12.8 Å². The molecular formula is C33H39N5O3S. The number of carbonyl (C=O) groups is 1. The third-order valence-electron chi connectivity index (χ3n) is 7.92. The summed E-state index contributed by atoms with van der Waals surface area (Å²) in [5.74, 6) is -0.226. The maximum Gasteiger partial charge on any atom is 0.269 e. The number of nitrogens with one attached hydrogen (secondary N) is 1. The first-order valence-corrected chi connectivity index (χ1v) is 15.7. The average Bonchev–Trinajstić information content (AvgIpc) is 3.64. The monoisotopic (exact) mass is 585 g/mol. The molecule has 0 radical (unpaired) electrons. The van der Waals surface area contributed by atoms with Gasteiger partial charge in [0.25, 0.3) is 5.91 Å². The third-order valence-corrected chi connectivity index (χ3v) is 9.78. The molecule has 9 heteroatoms. The van der Waals surface area contributed by atoms with E-state index >= 15 is 0 Å². The van der Waals surface area contributed by atoms with Gasteiger partial charge in [-0.05, 0) is 94.1 Å². The molecule has 0 unspecified atom stereocenters. The van der Waals surface area contributed by atoms with Gasteiger partial charge in [-0.25, -0.2) is 13.5 Å². The van der Waals surface area contributed by atoms with E-state index in [0.29, 0.717) is 36.5 Å². The van der Waals surface area contributed by atoms with E-state index in [2.05, 4.69) is 16.3 Å². The Morgan fingerprint density at radius 1 is 1.10 bits per heavy atom. The molecule has 2 aliphatic heterocycles. The summed E-state index contributed by atoms with van der Waals surface area (Å²) >= 11 is 0. The predicted molar refractivity (Wildman–Crippen MR) is 166 cm³/mol. The standard InChI is InChI=1S/C33H39N5O3S/c1-33(2,3)42(41)38-22-27-20-28(32(40)35-14-17-37-15-4-5-16-37)36-31(30(27)29(38)13-18-39)26-8-6-7-25(19-26)24-11-9-23(21-34)10-12-24/h6-12,19-20,29,39H,4-5,13-18,22H2,1-3H3,(H,35,40)/t29-,42-/m1/s1. The first-order chi connectivity index (χ1) is 20.2. The first kappa shape index (κ1) is 30.1. The first-order valence-electron chi connectivity index (χ1n) is 14.6. The van der Waals surface area contributed by atoms with Gasteiger partial charge in [0.05, 0.1) is 28.1 Å². The Balaban J connectivity index is 1.55. The maximum atomic E-state index is 13.7. The zero-order valence-corrected chi connectivity index (χ0v) is 25.4. The van der Waals surface area contributed by atoms with Gasteiger partial charge < -0.3 is 15.3 Å². The van der Waals surface area contributed by atoms with Crippen LogP contribution in [0.2, 0.25) is 0 Å². The molecule has 2 aliphatic rings. The lowest BCUT2D eigenvalue weighted by molar-refractivity contribution is 0.0944. The quantitative estimate of drug-likeness (QED) is 0.373. The molecular weight excluding hydrogens is 546 g/mol. The van der Waals surface area contributed by atoms with Crippen LogP contribution in [0.5, 0.6) is 0 Å². The number of amides is 1. The number of fused-ring (bicyclic) bond motifs is 1. The van der Waals surface area contributed by atoms with Crippen molar-refractivity contribution in [2.24, 2.45) is 0 Å². The Kier molecular flexibility index (Phi) is 9.19. The molecule has 1 saturated heterocycles. The highest BCUT2D eigenvalue weighted by atomic mass is 32.2. The van der Waals surface area contributed by atoms with Gasteiger partial charge in [-0.3, -0.25) is 4.79 Å². The Labute approximate surface area is 251 Å². The van der Waals surface area contributed by atoms with Gasteiger partial charge in [0.15, 0.2) is 0 Å². The second kappa shape index (κ2) is 12.8. The van der Waals surface area contributed by atoms with Gasteiger partial charge in [-0.15, -0.1) is 0 Å². The van der Waals surface area contributed by atoms with E-state index in [1.807, 2.05) is 67.5 Å². The van der Waals surface area contributed by atoms with Crippen molar-refractivity contribution in [1.29, 1.82) is 5.26 Å². The van der Waals surface area contributed by atoms with E-state index in [1.54, 1.807) is 12.1 Å². The van der Waals surface area contributed by atoms with Crippen LogP contribution >= 0.6 is 0 Å². The molecule has 1 aromatic heterocycles. The highest BCUT2D eigenvalue weighted by Crippen LogP contribution is 2.44. The van der Waals surface area contributed by atoms with Crippen LogP contribution in [0.25, 0.3) is 22.4 Å². The summed E-state index contributed by atoms with van der Waals surface area (Å²) < 4.78 is 15.1. The molecule has 220 valence electrons. The topological polar surface area (TPSA) is 110 Å². The molecule has 2 atom stereocenters. The summed E-state index contributed by atoms with van der Waals surface area (Å²) in [5.41, 5.74) is 6.17. The van der Waals surface area contributed by atoms with Crippen molar-refractivity contribution in [2.75, 3.05) is 32.8 Å². The lowest BCUT2D eigenvalue weighted by Gasteiger charge is -2.30. The Hall–Kier alpha value is -3.42. The normalized spacial score (nSPS) is 18.0. The Morgan fingerprint density at radius 2 is 1.81 bits per heavy atom. The summed E-state index contributed by atoms with van der Waals surface area (Å²) in [6.45, 7) is 9.68. The number of aromatic nitrogens is 1. The van der Waals surface area contributed by atoms with Crippen molar-refractivity contribution in [2.45, 2.75) is 57.4 Å². The summed E-state index contributed by atoms with van der Waals surface area (Å²) in [5, 5.41) is 22.3. The van der Waals surface area contributed by atoms with Gasteiger partial charge in [0.1, 0.15) is 16.7 Å². The van der Waals surface area contributed by atoms with Crippen LogP contribution in [0.3, 0.4) is 0 Å². The fraction of sp³-hybridized carbons (Fsp3) is 0.424. The van der Waals surface area contributed by atoms with Gasteiger partial charge in [-0.2, -0.15) is 5.26 Å². The smallest absolute Gasteiger partial charge is 0.269 e. The molecule has 2 aromatic carbocycles. The predicted octanol–water partition coefficient (Wildman–Crippen LogP) is 4.81. The number of nitriles is 1. The number of likely N-dealkylation sites (tertiary alicyclic amines) is 1. The van der Waals surface area contributed by atoms with Crippen molar-refractivity contribution >= 4 is 16.9 Å². The molecule has 1 amide bonds. The lowest BCUT2D eigenvalue weighted by Crippen LogP contribution is -2.36. The number of aliphatic hydroxyl groups is 1. The van der Waals surface area contributed by atoms with E-state index in [9.17, 15) is 19.4 Å². The molecule has 5 rings (SSSR count). The average molecular weight is 586 g/mol. The highest BCUT2D eigenvalue weighted by molar-refractivity contribution is 7.84. The number of benzene rings is 2. The number of pyridine rings is 1. The summed E-state index contributed by atoms with van der Waals surface area (Å²) in [6.07, 6.45) is 2.81.